The molecule has 0 aliphatic heterocycles. The quantitative estimate of drug-likeness (QED) is 0.639. The van der Waals surface area contributed by atoms with E-state index < -0.39 is 6.04 Å². The Balaban J connectivity index is 2.00. The maximum Gasteiger partial charge on any atom is 0.245 e. The second-order valence-electron chi connectivity index (χ2n) is 5.07. The molecule has 1 amide bonds. The number of aromatic nitrogens is 1. The molecule has 6 nitrogen and oxygen atoms in total. The normalized spacial score (nSPS) is 12.0. The van der Waals surface area contributed by atoms with Gasteiger partial charge in [0.05, 0.1) is 18.9 Å². The van der Waals surface area contributed by atoms with Crippen molar-refractivity contribution in [3.63, 3.8) is 0 Å². The van der Waals surface area contributed by atoms with Crippen LogP contribution in [-0.2, 0) is 9.53 Å². The van der Waals surface area contributed by atoms with Crippen molar-refractivity contribution in [3.8, 4) is 11.3 Å². The number of methoxy groups -OCH3 is 1. The van der Waals surface area contributed by atoms with E-state index in [1.807, 2.05) is 30.5 Å². The lowest BCUT2D eigenvalue weighted by molar-refractivity contribution is -0.122. The number of nitrogens with one attached hydrogen (secondary N) is 2. The number of amides is 1. The fraction of sp³-hybridized carbons (Fsp3) is 0.375. The molecule has 1 aromatic carbocycles. The summed E-state index contributed by atoms with van der Waals surface area (Å²) in [4.78, 5) is 16.4. The Morgan fingerprint density at radius 1 is 1.48 bits per heavy atom. The molecular formula is C16H21N3O3S. The summed E-state index contributed by atoms with van der Waals surface area (Å²) in [5.41, 5.74) is 3.04. The number of hydrogen-bond donors (Lipinski definition) is 3. The molecule has 0 spiro atoms. The Hall–Kier alpha value is -1.96. The SMILES string of the molecule is COCCNC(=O)[C@H](CO)Nc1nc(-c2cccc(C)c2)cs1. The van der Waals surface area contributed by atoms with E-state index in [0.29, 0.717) is 18.3 Å². The van der Waals surface area contributed by atoms with Crippen LogP contribution in [0.1, 0.15) is 5.56 Å². The Kier molecular flexibility index (Phi) is 6.52. The highest BCUT2D eigenvalue weighted by Gasteiger charge is 2.18. The Labute approximate surface area is 139 Å². The maximum absolute atomic E-state index is 12.0. The zero-order chi connectivity index (χ0) is 16.7. The lowest BCUT2D eigenvalue weighted by Gasteiger charge is -2.15. The van der Waals surface area contributed by atoms with Crippen LogP contribution in [0.2, 0.25) is 0 Å². The predicted molar refractivity (Wildman–Crippen MR) is 91.7 cm³/mol. The van der Waals surface area contributed by atoms with Crippen LogP contribution in [0.5, 0.6) is 0 Å². The van der Waals surface area contributed by atoms with Crippen molar-refractivity contribution in [2.75, 3.05) is 32.2 Å². The second-order valence-corrected chi connectivity index (χ2v) is 5.93. The van der Waals surface area contributed by atoms with Gasteiger partial charge in [0.15, 0.2) is 5.13 Å². The lowest BCUT2D eigenvalue weighted by atomic mass is 10.1. The lowest BCUT2D eigenvalue weighted by Crippen LogP contribution is -2.43. The van der Waals surface area contributed by atoms with Crippen LogP contribution in [-0.4, -0.2) is 48.9 Å². The third-order valence-electron chi connectivity index (χ3n) is 3.22. The van der Waals surface area contributed by atoms with Crippen LogP contribution < -0.4 is 10.6 Å². The van der Waals surface area contributed by atoms with E-state index in [1.165, 1.54) is 11.3 Å². The number of aryl methyl sites for hydroxylation is 1. The summed E-state index contributed by atoms with van der Waals surface area (Å²) >= 11 is 1.40. The number of aliphatic hydroxyl groups is 1. The van der Waals surface area contributed by atoms with Gasteiger partial charge in [-0.3, -0.25) is 4.79 Å². The molecule has 1 atom stereocenters. The summed E-state index contributed by atoms with van der Waals surface area (Å²) in [5, 5.41) is 17.6. The minimum absolute atomic E-state index is 0.281. The van der Waals surface area contributed by atoms with Gasteiger partial charge >= 0.3 is 0 Å². The van der Waals surface area contributed by atoms with Gasteiger partial charge in [-0.15, -0.1) is 11.3 Å². The molecule has 1 heterocycles. The van der Waals surface area contributed by atoms with Crippen molar-refractivity contribution in [3.05, 3.63) is 35.2 Å². The number of anilines is 1. The molecule has 7 heteroatoms. The Morgan fingerprint density at radius 2 is 2.30 bits per heavy atom. The number of nitrogens with zero attached hydrogens (tertiary/aromatic N) is 1. The first-order chi connectivity index (χ1) is 11.1. The van der Waals surface area contributed by atoms with Crippen LogP contribution in [0.25, 0.3) is 11.3 Å². The monoisotopic (exact) mass is 335 g/mol. The highest BCUT2D eigenvalue weighted by atomic mass is 32.1. The molecule has 1 aromatic heterocycles. The van der Waals surface area contributed by atoms with Crippen LogP contribution in [0.3, 0.4) is 0 Å². The number of aliphatic hydroxyl groups excluding tert-OH is 1. The van der Waals surface area contributed by atoms with Crippen LogP contribution >= 0.6 is 11.3 Å². The van der Waals surface area contributed by atoms with Crippen LogP contribution in [0.4, 0.5) is 5.13 Å². The predicted octanol–water partition coefficient (Wildman–Crippen LogP) is 1.65. The van der Waals surface area contributed by atoms with Crippen molar-refractivity contribution >= 4 is 22.4 Å². The first-order valence-electron chi connectivity index (χ1n) is 7.30. The number of benzene rings is 1. The van der Waals surface area contributed by atoms with Gasteiger partial charge in [0.2, 0.25) is 5.91 Å². The zero-order valence-electron chi connectivity index (χ0n) is 13.2. The number of ether oxygens (including phenoxy) is 1. The van der Waals surface area contributed by atoms with Gasteiger partial charge in [-0.25, -0.2) is 4.98 Å². The highest BCUT2D eigenvalue weighted by molar-refractivity contribution is 7.14. The molecule has 3 N–H and O–H groups in total. The number of hydrogen-bond acceptors (Lipinski definition) is 6. The van der Waals surface area contributed by atoms with Crippen LogP contribution in [0, 0.1) is 6.92 Å². The zero-order valence-corrected chi connectivity index (χ0v) is 14.0. The summed E-state index contributed by atoms with van der Waals surface area (Å²) in [6, 6.07) is 7.33. The van der Waals surface area contributed by atoms with E-state index in [1.54, 1.807) is 7.11 Å². The average molecular weight is 335 g/mol. The number of carbonyl (C=O) groups is 1. The first-order valence-corrected chi connectivity index (χ1v) is 8.18. The first kappa shape index (κ1) is 17.4. The molecule has 0 aliphatic rings. The molecule has 0 saturated carbocycles. The van der Waals surface area contributed by atoms with Crippen molar-refractivity contribution in [2.45, 2.75) is 13.0 Å². The molecule has 0 radical (unpaired) electrons. The fourth-order valence-corrected chi connectivity index (χ4v) is 2.79. The standard InChI is InChI=1S/C16H21N3O3S/c1-11-4-3-5-12(8-11)14-10-23-16(19-14)18-13(9-20)15(21)17-6-7-22-2/h3-5,8,10,13,20H,6-7,9H2,1-2H3,(H,17,21)(H,18,19)/t13-/m0/s1. The fourth-order valence-electron chi connectivity index (χ4n) is 2.02. The van der Waals surface area contributed by atoms with E-state index in [2.05, 4.69) is 21.7 Å². The Morgan fingerprint density at radius 3 is 3.00 bits per heavy atom. The van der Waals surface area contributed by atoms with E-state index in [0.717, 1.165) is 16.8 Å². The van der Waals surface area contributed by atoms with Crippen molar-refractivity contribution in [1.29, 1.82) is 0 Å². The van der Waals surface area contributed by atoms with Crippen molar-refractivity contribution in [1.82, 2.24) is 10.3 Å². The van der Waals surface area contributed by atoms with E-state index in [9.17, 15) is 9.90 Å². The minimum Gasteiger partial charge on any atom is -0.394 e. The van der Waals surface area contributed by atoms with Gasteiger partial charge in [0, 0.05) is 24.6 Å². The molecular weight excluding hydrogens is 314 g/mol. The largest absolute Gasteiger partial charge is 0.394 e. The topological polar surface area (TPSA) is 83.5 Å². The maximum atomic E-state index is 12.0. The smallest absolute Gasteiger partial charge is 0.245 e. The molecule has 0 aliphatic carbocycles. The third-order valence-corrected chi connectivity index (χ3v) is 3.99. The van der Waals surface area contributed by atoms with Crippen molar-refractivity contribution < 1.29 is 14.6 Å². The average Bonchev–Trinajstić information content (AvgIpc) is 3.01. The summed E-state index contributed by atoms with van der Waals surface area (Å²) < 4.78 is 4.88. The van der Waals surface area contributed by atoms with Crippen molar-refractivity contribution in [2.24, 2.45) is 0 Å². The van der Waals surface area contributed by atoms with E-state index >= 15 is 0 Å². The van der Waals surface area contributed by atoms with Gasteiger partial charge in [-0.1, -0.05) is 23.8 Å². The molecule has 0 fully saturated rings. The van der Waals surface area contributed by atoms with Gasteiger partial charge in [-0.2, -0.15) is 0 Å². The van der Waals surface area contributed by atoms with Gasteiger partial charge < -0.3 is 20.5 Å². The molecule has 124 valence electrons. The summed E-state index contributed by atoms with van der Waals surface area (Å²) in [6.45, 7) is 2.55. The Bertz CT molecular complexity index is 645. The van der Waals surface area contributed by atoms with Gasteiger partial charge in [0.25, 0.3) is 0 Å². The van der Waals surface area contributed by atoms with E-state index in [-0.39, 0.29) is 12.5 Å². The number of thiazole rings is 1. The summed E-state index contributed by atoms with van der Waals surface area (Å²) in [7, 11) is 1.57. The molecule has 23 heavy (non-hydrogen) atoms. The minimum atomic E-state index is -0.733. The molecule has 0 bridgehead atoms. The van der Waals surface area contributed by atoms with Gasteiger partial charge in [-0.05, 0) is 13.0 Å². The molecule has 2 aromatic rings. The molecule has 2 rings (SSSR count). The number of rotatable bonds is 8. The van der Waals surface area contributed by atoms with E-state index in [4.69, 9.17) is 4.74 Å². The summed E-state index contributed by atoms with van der Waals surface area (Å²) in [5.74, 6) is -0.281. The highest BCUT2D eigenvalue weighted by Crippen LogP contribution is 2.25. The van der Waals surface area contributed by atoms with Crippen LogP contribution in [0.15, 0.2) is 29.6 Å². The molecule has 0 saturated heterocycles. The van der Waals surface area contributed by atoms with Gasteiger partial charge in [0.1, 0.15) is 6.04 Å². The second kappa shape index (κ2) is 8.61. The summed E-state index contributed by atoms with van der Waals surface area (Å²) in [6.07, 6.45) is 0. The number of carbonyl (C=O) groups excluding carboxylic acids is 1. The third kappa shape index (κ3) is 5.02. The molecule has 0 unspecified atom stereocenters.